The van der Waals surface area contributed by atoms with Crippen molar-refractivity contribution in [1.82, 2.24) is 9.55 Å². The Hall–Kier alpha value is -1.81. The number of rotatable bonds is 1. The molecule has 0 radical (unpaired) electrons. The Morgan fingerprint density at radius 3 is 2.63 bits per heavy atom. The number of nitrogen functional groups attached to an aromatic ring is 1. The van der Waals surface area contributed by atoms with Crippen LogP contribution in [-0.4, -0.2) is 9.55 Å². The van der Waals surface area contributed by atoms with Gasteiger partial charge in [0.15, 0.2) is 0 Å². The van der Waals surface area contributed by atoms with Gasteiger partial charge in [0.1, 0.15) is 5.82 Å². The van der Waals surface area contributed by atoms with Gasteiger partial charge in [-0.15, -0.1) is 0 Å². The fourth-order valence-corrected chi connectivity index (χ4v) is 2.56. The molecule has 0 fully saturated rings. The molecule has 4 heteroatoms. The van der Waals surface area contributed by atoms with E-state index in [2.05, 4.69) is 50.6 Å². The number of hydrogen-bond acceptors (Lipinski definition) is 2. The second-order valence-corrected chi connectivity index (χ2v) is 5.53. The SMILES string of the molecule is Cc1cc(-n2c(C)nc3cc(N)ccc32)ccc1Br. The first-order valence-electron chi connectivity index (χ1n) is 6.07. The summed E-state index contributed by atoms with van der Waals surface area (Å²) in [7, 11) is 0. The molecular weight excluding hydrogens is 302 g/mol. The highest BCUT2D eigenvalue weighted by Gasteiger charge is 2.10. The minimum absolute atomic E-state index is 0.740. The molecule has 96 valence electrons. The van der Waals surface area contributed by atoms with Crippen molar-refractivity contribution in [3.05, 3.63) is 52.3 Å². The number of fused-ring (bicyclic) bond motifs is 1. The van der Waals surface area contributed by atoms with Crippen LogP contribution >= 0.6 is 15.9 Å². The summed E-state index contributed by atoms with van der Waals surface area (Å²) in [5.74, 6) is 0.960. The van der Waals surface area contributed by atoms with Gasteiger partial charge in [-0.3, -0.25) is 4.57 Å². The highest BCUT2D eigenvalue weighted by molar-refractivity contribution is 9.10. The maximum atomic E-state index is 5.81. The number of anilines is 1. The summed E-state index contributed by atoms with van der Waals surface area (Å²) in [6, 6.07) is 12.1. The molecule has 0 bridgehead atoms. The van der Waals surface area contributed by atoms with Gasteiger partial charge in [0, 0.05) is 15.8 Å². The quantitative estimate of drug-likeness (QED) is 0.690. The van der Waals surface area contributed by atoms with Crippen LogP contribution in [0.5, 0.6) is 0 Å². The Morgan fingerprint density at radius 2 is 1.89 bits per heavy atom. The smallest absolute Gasteiger partial charge is 0.111 e. The number of hydrogen-bond donors (Lipinski definition) is 1. The zero-order chi connectivity index (χ0) is 13.6. The molecule has 19 heavy (non-hydrogen) atoms. The molecule has 1 heterocycles. The maximum absolute atomic E-state index is 5.81. The van der Waals surface area contributed by atoms with Crippen molar-refractivity contribution in [3.8, 4) is 5.69 Å². The van der Waals surface area contributed by atoms with Crippen molar-refractivity contribution in [2.24, 2.45) is 0 Å². The molecule has 3 aromatic rings. The molecule has 0 aliphatic carbocycles. The summed E-state index contributed by atoms with van der Waals surface area (Å²) in [5.41, 5.74) is 10.9. The van der Waals surface area contributed by atoms with E-state index < -0.39 is 0 Å². The van der Waals surface area contributed by atoms with Gasteiger partial charge in [0.2, 0.25) is 0 Å². The summed E-state index contributed by atoms with van der Waals surface area (Å²) in [4.78, 5) is 4.57. The third-order valence-corrected chi connectivity index (χ3v) is 4.14. The van der Waals surface area contributed by atoms with E-state index >= 15 is 0 Å². The average molecular weight is 316 g/mol. The predicted octanol–water partition coefficient (Wildman–Crippen LogP) is 3.99. The number of imidazole rings is 1. The van der Waals surface area contributed by atoms with Crippen LogP contribution in [-0.2, 0) is 0 Å². The molecule has 1 aromatic heterocycles. The van der Waals surface area contributed by atoms with Crippen LogP contribution in [0.15, 0.2) is 40.9 Å². The third kappa shape index (κ3) is 2.02. The molecule has 0 spiro atoms. The average Bonchev–Trinajstić information content (AvgIpc) is 2.68. The highest BCUT2D eigenvalue weighted by Crippen LogP contribution is 2.25. The first-order chi connectivity index (χ1) is 9.06. The first kappa shape index (κ1) is 12.2. The summed E-state index contributed by atoms with van der Waals surface area (Å²) >= 11 is 3.53. The lowest BCUT2D eigenvalue weighted by Crippen LogP contribution is -1.97. The van der Waals surface area contributed by atoms with Crippen molar-refractivity contribution in [1.29, 1.82) is 0 Å². The largest absolute Gasteiger partial charge is 0.399 e. The summed E-state index contributed by atoms with van der Waals surface area (Å²) < 4.78 is 3.26. The first-order valence-corrected chi connectivity index (χ1v) is 6.86. The summed E-state index contributed by atoms with van der Waals surface area (Å²) in [6.07, 6.45) is 0. The molecular formula is C15H14BrN3. The predicted molar refractivity (Wildman–Crippen MR) is 82.7 cm³/mol. The third-order valence-electron chi connectivity index (χ3n) is 3.25. The molecule has 3 rings (SSSR count). The Kier molecular flexibility index (Phi) is 2.82. The lowest BCUT2D eigenvalue weighted by Gasteiger charge is -2.09. The van der Waals surface area contributed by atoms with Crippen molar-refractivity contribution in [3.63, 3.8) is 0 Å². The van der Waals surface area contributed by atoms with Crippen molar-refractivity contribution in [2.75, 3.05) is 5.73 Å². The van der Waals surface area contributed by atoms with E-state index in [-0.39, 0.29) is 0 Å². The second-order valence-electron chi connectivity index (χ2n) is 4.68. The second kappa shape index (κ2) is 4.38. The highest BCUT2D eigenvalue weighted by atomic mass is 79.9. The van der Waals surface area contributed by atoms with Crippen LogP contribution in [0, 0.1) is 13.8 Å². The van der Waals surface area contributed by atoms with E-state index in [0.717, 1.165) is 32.7 Å². The molecule has 0 amide bonds. The minimum atomic E-state index is 0.740. The van der Waals surface area contributed by atoms with Gasteiger partial charge in [-0.2, -0.15) is 0 Å². The lowest BCUT2D eigenvalue weighted by atomic mass is 10.2. The molecule has 0 unspecified atom stereocenters. The standard InChI is InChI=1S/C15H14BrN3/c1-9-7-12(4-5-13(9)16)19-10(2)18-14-8-11(17)3-6-15(14)19/h3-8H,17H2,1-2H3. The zero-order valence-corrected chi connectivity index (χ0v) is 12.4. The van der Waals surface area contributed by atoms with Crippen LogP contribution in [0.2, 0.25) is 0 Å². The van der Waals surface area contributed by atoms with Crippen molar-refractivity contribution in [2.45, 2.75) is 13.8 Å². The van der Waals surface area contributed by atoms with Gasteiger partial charge in [-0.25, -0.2) is 4.98 Å². The number of aryl methyl sites for hydroxylation is 2. The van der Waals surface area contributed by atoms with E-state index in [0.29, 0.717) is 0 Å². The Morgan fingerprint density at radius 1 is 1.11 bits per heavy atom. The van der Waals surface area contributed by atoms with E-state index in [1.165, 1.54) is 5.56 Å². The summed E-state index contributed by atoms with van der Waals surface area (Å²) in [5, 5.41) is 0. The summed E-state index contributed by atoms with van der Waals surface area (Å²) in [6.45, 7) is 4.09. The Bertz CT molecular complexity index is 774. The van der Waals surface area contributed by atoms with Crippen LogP contribution < -0.4 is 5.73 Å². The van der Waals surface area contributed by atoms with Crippen LogP contribution in [0.4, 0.5) is 5.69 Å². The number of benzene rings is 2. The monoisotopic (exact) mass is 315 g/mol. The van der Waals surface area contributed by atoms with Crippen LogP contribution in [0.3, 0.4) is 0 Å². The van der Waals surface area contributed by atoms with Crippen molar-refractivity contribution < 1.29 is 0 Å². The lowest BCUT2D eigenvalue weighted by molar-refractivity contribution is 0.998. The number of nitrogens with zero attached hydrogens (tertiary/aromatic N) is 2. The Balaban J connectivity index is 2.29. The molecule has 3 nitrogen and oxygen atoms in total. The van der Waals surface area contributed by atoms with Gasteiger partial charge in [-0.1, -0.05) is 15.9 Å². The number of halogens is 1. The van der Waals surface area contributed by atoms with E-state index in [9.17, 15) is 0 Å². The normalized spacial score (nSPS) is 11.1. The Labute approximate surface area is 120 Å². The molecule has 0 saturated carbocycles. The van der Waals surface area contributed by atoms with E-state index in [1.54, 1.807) is 0 Å². The molecule has 0 aliphatic heterocycles. The fraction of sp³-hybridized carbons (Fsp3) is 0.133. The van der Waals surface area contributed by atoms with E-state index in [4.69, 9.17) is 5.73 Å². The topological polar surface area (TPSA) is 43.8 Å². The van der Waals surface area contributed by atoms with E-state index in [1.807, 2.05) is 25.1 Å². The maximum Gasteiger partial charge on any atom is 0.111 e. The fourth-order valence-electron chi connectivity index (χ4n) is 2.31. The zero-order valence-electron chi connectivity index (χ0n) is 10.8. The molecule has 0 saturated heterocycles. The van der Waals surface area contributed by atoms with Crippen molar-refractivity contribution >= 4 is 32.7 Å². The van der Waals surface area contributed by atoms with Gasteiger partial charge in [0.05, 0.1) is 11.0 Å². The molecule has 2 N–H and O–H groups in total. The molecule has 0 aliphatic rings. The van der Waals surface area contributed by atoms with Gasteiger partial charge in [0.25, 0.3) is 0 Å². The number of nitrogens with two attached hydrogens (primary N) is 1. The van der Waals surface area contributed by atoms with Gasteiger partial charge < -0.3 is 5.73 Å². The van der Waals surface area contributed by atoms with Gasteiger partial charge in [-0.05, 0) is 55.8 Å². The van der Waals surface area contributed by atoms with Crippen LogP contribution in [0.1, 0.15) is 11.4 Å². The van der Waals surface area contributed by atoms with Crippen LogP contribution in [0.25, 0.3) is 16.7 Å². The molecule has 2 aromatic carbocycles. The number of aromatic nitrogens is 2. The minimum Gasteiger partial charge on any atom is -0.399 e. The van der Waals surface area contributed by atoms with Gasteiger partial charge >= 0.3 is 0 Å². The molecule has 0 atom stereocenters.